The van der Waals surface area contributed by atoms with Crippen LogP contribution in [-0.4, -0.2) is 58.4 Å². The van der Waals surface area contributed by atoms with Gasteiger partial charge in [-0.3, -0.25) is 0 Å². The van der Waals surface area contributed by atoms with E-state index in [0.29, 0.717) is 17.6 Å². The predicted molar refractivity (Wildman–Crippen MR) is 66.9 cm³/mol. The van der Waals surface area contributed by atoms with Crippen molar-refractivity contribution in [1.82, 2.24) is 0 Å². The summed E-state index contributed by atoms with van der Waals surface area (Å²) in [6.07, 6.45) is 0. The lowest BCUT2D eigenvalue weighted by atomic mass is 10.9. The molecule has 0 fully saturated rings. The Labute approximate surface area is 105 Å². The van der Waals surface area contributed by atoms with E-state index in [9.17, 15) is 0 Å². The molecule has 0 saturated heterocycles. The van der Waals surface area contributed by atoms with Gasteiger partial charge in [-0.15, -0.1) is 11.6 Å². The van der Waals surface area contributed by atoms with Gasteiger partial charge in [0, 0.05) is 41.6 Å². The van der Waals surface area contributed by atoms with Crippen LogP contribution in [0.2, 0.25) is 12.1 Å². The van der Waals surface area contributed by atoms with Crippen LogP contribution in [-0.2, 0) is 22.1 Å². The van der Waals surface area contributed by atoms with Crippen molar-refractivity contribution in [2.45, 2.75) is 12.1 Å². The molecule has 0 radical (unpaired) electrons. The summed E-state index contributed by atoms with van der Waals surface area (Å²) >= 11 is 5.89. The minimum absolute atomic E-state index is 0.377. The van der Waals surface area contributed by atoms with Gasteiger partial charge in [0.1, 0.15) is 0 Å². The number of hydrogen-bond acceptors (Lipinski definition) is 5. The van der Waals surface area contributed by atoms with Crippen molar-refractivity contribution in [3.05, 3.63) is 0 Å². The molecule has 16 heavy (non-hydrogen) atoms. The zero-order valence-electron chi connectivity index (χ0n) is 10.5. The summed E-state index contributed by atoms with van der Waals surface area (Å²) in [5.74, 6) is 0. The normalized spacial score (nSPS) is 13.1. The molecule has 0 atom stereocenters. The van der Waals surface area contributed by atoms with E-state index in [0.717, 1.165) is 0 Å². The van der Waals surface area contributed by atoms with Gasteiger partial charge in [-0.1, -0.05) is 0 Å². The highest BCUT2D eigenvalue weighted by molar-refractivity contribution is 6.76. The quantitative estimate of drug-likeness (QED) is 0.474. The lowest BCUT2D eigenvalue weighted by Crippen LogP contribution is -2.48. The third kappa shape index (κ3) is 4.08. The van der Waals surface area contributed by atoms with E-state index in [1.165, 1.54) is 0 Å². The van der Waals surface area contributed by atoms with Crippen molar-refractivity contribution in [2.24, 2.45) is 0 Å². The molecule has 5 nitrogen and oxygen atoms in total. The number of hydrogen-bond donors (Lipinski definition) is 0. The van der Waals surface area contributed by atoms with Gasteiger partial charge in [0.05, 0.1) is 5.50 Å². The van der Waals surface area contributed by atoms with Crippen molar-refractivity contribution in [1.29, 1.82) is 0 Å². The van der Waals surface area contributed by atoms with Crippen molar-refractivity contribution in [2.75, 3.05) is 41.1 Å². The molecule has 0 aromatic heterocycles. The second kappa shape index (κ2) is 7.77. The number of rotatable bonds is 9. The van der Waals surface area contributed by atoms with E-state index < -0.39 is 17.4 Å². The molecule has 8 heteroatoms. The average Bonchev–Trinajstić information content (AvgIpc) is 2.37. The second-order valence-corrected chi connectivity index (χ2v) is 10.5. The van der Waals surface area contributed by atoms with Gasteiger partial charge in [-0.25, -0.2) is 0 Å². The van der Waals surface area contributed by atoms with E-state index in [2.05, 4.69) is 0 Å². The van der Waals surface area contributed by atoms with Crippen LogP contribution in [0.5, 0.6) is 0 Å². The molecule has 0 saturated carbocycles. The predicted octanol–water partition coefficient (Wildman–Crippen LogP) is 1.38. The van der Waals surface area contributed by atoms with E-state index in [-0.39, 0.29) is 0 Å². The number of halogens is 1. The molecule has 0 aromatic rings. The van der Waals surface area contributed by atoms with Gasteiger partial charge >= 0.3 is 17.4 Å². The van der Waals surface area contributed by atoms with E-state index in [4.69, 9.17) is 33.7 Å². The highest BCUT2D eigenvalue weighted by Crippen LogP contribution is 2.23. The Morgan fingerprint density at radius 2 is 1.19 bits per heavy atom. The molecule has 0 unspecified atom stereocenters. The van der Waals surface area contributed by atoms with E-state index >= 15 is 0 Å². The minimum Gasteiger partial charge on any atom is -0.397 e. The first-order valence-corrected chi connectivity index (χ1v) is 9.59. The third-order valence-corrected chi connectivity index (χ3v) is 10.0. The maximum absolute atomic E-state index is 5.89. The molecule has 98 valence electrons. The van der Waals surface area contributed by atoms with Crippen LogP contribution in [0.1, 0.15) is 0 Å². The van der Waals surface area contributed by atoms with Crippen molar-refractivity contribution in [3.63, 3.8) is 0 Å². The van der Waals surface area contributed by atoms with Crippen LogP contribution in [0.15, 0.2) is 0 Å². The van der Waals surface area contributed by atoms with Crippen molar-refractivity contribution < 1.29 is 22.1 Å². The Hall–Kier alpha value is 0.524. The fourth-order valence-corrected chi connectivity index (χ4v) is 7.21. The molecule has 0 bridgehead atoms. The molecule has 0 rings (SSSR count). The molecule has 0 aliphatic rings. The van der Waals surface area contributed by atoms with Gasteiger partial charge in [-0.2, -0.15) is 0 Å². The highest BCUT2D eigenvalue weighted by atomic mass is 35.5. The first-order valence-electron chi connectivity index (χ1n) is 4.89. The van der Waals surface area contributed by atoms with Crippen LogP contribution in [0.25, 0.3) is 0 Å². The third-order valence-electron chi connectivity index (χ3n) is 2.69. The van der Waals surface area contributed by atoms with Crippen molar-refractivity contribution >= 4 is 29.0 Å². The molecule has 0 heterocycles. The van der Waals surface area contributed by atoms with Gasteiger partial charge in [0.15, 0.2) is 0 Å². The van der Waals surface area contributed by atoms with Gasteiger partial charge in [0.2, 0.25) is 0 Å². The number of alkyl halides is 1. The lowest BCUT2D eigenvalue weighted by molar-refractivity contribution is 0.123. The van der Waals surface area contributed by atoms with Crippen LogP contribution in [0, 0.1) is 0 Å². The maximum Gasteiger partial charge on any atom is 0.500 e. The Kier molecular flexibility index (Phi) is 8.03. The van der Waals surface area contributed by atoms with Crippen LogP contribution >= 0.6 is 11.6 Å². The Morgan fingerprint density at radius 3 is 1.44 bits per heavy atom. The fourth-order valence-electron chi connectivity index (χ4n) is 1.36. The van der Waals surface area contributed by atoms with Gasteiger partial charge < -0.3 is 22.1 Å². The molecule has 0 aliphatic heterocycles. The van der Waals surface area contributed by atoms with Crippen LogP contribution in [0.4, 0.5) is 0 Å². The van der Waals surface area contributed by atoms with Gasteiger partial charge in [-0.05, 0) is 6.04 Å². The lowest BCUT2D eigenvalue weighted by Gasteiger charge is -2.29. The largest absolute Gasteiger partial charge is 0.500 e. The van der Waals surface area contributed by atoms with E-state index in [1.807, 2.05) is 0 Å². The van der Waals surface area contributed by atoms with E-state index in [1.54, 1.807) is 35.5 Å². The summed E-state index contributed by atoms with van der Waals surface area (Å²) in [5, 5.41) is 0. The van der Waals surface area contributed by atoms with Crippen LogP contribution in [0.3, 0.4) is 0 Å². The maximum atomic E-state index is 5.89. The standard InChI is InChI=1S/C8H21ClO5Si2/c1-10-15(8-9,11-2)6-7-16(12-3,13-4)14-5/h6-8H2,1-5H3. The fraction of sp³-hybridized carbons (Fsp3) is 1.00. The smallest absolute Gasteiger partial charge is 0.397 e. The summed E-state index contributed by atoms with van der Waals surface area (Å²) in [6, 6.07) is 1.32. The topological polar surface area (TPSA) is 46.2 Å². The first-order chi connectivity index (χ1) is 7.57. The molecule has 0 N–H and O–H groups in total. The molecular formula is C8H21ClO5Si2. The summed E-state index contributed by atoms with van der Waals surface area (Å²) in [4.78, 5) is 0. The summed E-state index contributed by atoms with van der Waals surface area (Å²) in [7, 11) is 3.12. The Morgan fingerprint density at radius 1 is 0.750 bits per heavy atom. The highest BCUT2D eigenvalue weighted by Gasteiger charge is 2.44. The average molecular weight is 289 g/mol. The zero-order chi connectivity index (χ0) is 12.7. The first kappa shape index (κ1) is 16.5. The second-order valence-electron chi connectivity index (χ2n) is 3.25. The van der Waals surface area contributed by atoms with Gasteiger partial charge in [0.25, 0.3) is 0 Å². The Bertz CT molecular complexity index is 151. The molecule has 0 amide bonds. The Balaban J connectivity index is 4.48. The minimum atomic E-state index is -2.56. The molecule has 0 aromatic carbocycles. The van der Waals surface area contributed by atoms with Crippen molar-refractivity contribution in [3.8, 4) is 0 Å². The summed E-state index contributed by atoms with van der Waals surface area (Å²) in [5.41, 5.74) is 0.377. The van der Waals surface area contributed by atoms with Crippen LogP contribution < -0.4 is 0 Å². The summed E-state index contributed by atoms with van der Waals surface area (Å²) in [6.45, 7) is 0. The molecule has 0 spiro atoms. The SMILES string of the molecule is CO[Si](CCl)(CC[Si](OC)(OC)OC)OC. The zero-order valence-corrected chi connectivity index (χ0v) is 13.3. The molecule has 0 aliphatic carbocycles. The summed E-state index contributed by atoms with van der Waals surface area (Å²) < 4.78 is 26.8. The molecular weight excluding hydrogens is 268 g/mol. The monoisotopic (exact) mass is 288 g/mol.